The molecule has 4 nitrogen and oxygen atoms in total. The minimum absolute atomic E-state index is 0.0341. The Kier molecular flexibility index (Phi) is 2.80. The van der Waals surface area contributed by atoms with Crippen LogP contribution < -0.4 is 10.6 Å². The lowest BCUT2D eigenvalue weighted by molar-refractivity contribution is -0.129. The van der Waals surface area contributed by atoms with Gasteiger partial charge in [-0.3, -0.25) is 4.79 Å². The largest absolute Gasteiger partial charge is 0.399 e. The first-order valence-electron chi connectivity index (χ1n) is 6.35. The number of carbonyl (C=O) groups excluding carboxylic acids is 1. The average molecular weight is 267 g/mol. The normalized spacial score (nSPS) is 22.8. The molecule has 2 N–H and O–H groups in total. The molecular weight excluding hydrogens is 252 g/mol. The maximum absolute atomic E-state index is 13.9. The van der Waals surface area contributed by atoms with Gasteiger partial charge in [0.15, 0.2) is 11.6 Å². The SMILES string of the molecule is Nc1cc(F)c(N2CCN3C(=O)CCC3C2)c(F)c1. The highest BCUT2D eigenvalue weighted by molar-refractivity contribution is 5.79. The fourth-order valence-corrected chi connectivity index (χ4v) is 2.95. The summed E-state index contributed by atoms with van der Waals surface area (Å²) in [5.41, 5.74) is 5.45. The van der Waals surface area contributed by atoms with Gasteiger partial charge in [0.2, 0.25) is 5.91 Å². The highest BCUT2D eigenvalue weighted by Crippen LogP contribution is 2.30. The smallest absolute Gasteiger partial charge is 0.223 e. The van der Waals surface area contributed by atoms with E-state index in [1.165, 1.54) is 0 Å². The van der Waals surface area contributed by atoms with Gasteiger partial charge in [-0.15, -0.1) is 0 Å². The Morgan fingerprint density at radius 2 is 1.89 bits per heavy atom. The maximum Gasteiger partial charge on any atom is 0.223 e. The van der Waals surface area contributed by atoms with Crippen molar-refractivity contribution >= 4 is 17.3 Å². The van der Waals surface area contributed by atoms with Crippen LogP contribution in [0.15, 0.2) is 12.1 Å². The van der Waals surface area contributed by atoms with Crippen molar-refractivity contribution in [2.45, 2.75) is 18.9 Å². The third kappa shape index (κ3) is 2.01. The first-order chi connectivity index (χ1) is 9.06. The summed E-state index contributed by atoms with van der Waals surface area (Å²) in [6.45, 7) is 1.44. The first kappa shape index (κ1) is 12.2. The van der Waals surface area contributed by atoms with E-state index in [-0.39, 0.29) is 23.3 Å². The van der Waals surface area contributed by atoms with Gasteiger partial charge in [0.25, 0.3) is 0 Å². The number of anilines is 2. The quantitative estimate of drug-likeness (QED) is 0.782. The Hall–Kier alpha value is -1.85. The molecule has 6 heteroatoms. The number of nitrogen functional groups attached to an aromatic ring is 1. The summed E-state index contributed by atoms with van der Waals surface area (Å²) < 4.78 is 27.7. The molecule has 0 saturated carbocycles. The van der Waals surface area contributed by atoms with Crippen LogP contribution >= 0.6 is 0 Å². The van der Waals surface area contributed by atoms with Crippen LogP contribution in [0.4, 0.5) is 20.2 Å². The molecule has 1 aromatic rings. The number of hydrogen-bond acceptors (Lipinski definition) is 3. The monoisotopic (exact) mass is 267 g/mol. The second kappa shape index (κ2) is 4.36. The molecule has 0 spiro atoms. The summed E-state index contributed by atoms with van der Waals surface area (Å²) in [6, 6.07) is 2.33. The van der Waals surface area contributed by atoms with E-state index in [2.05, 4.69) is 0 Å². The van der Waals surface area contributed by atoms with E-state index in [9.17, 15) is 13.6 Å². The number of piperazine rings is 1. The molecule has 19 heavy (non-hydrogen) atoms. The number of halogens is 2. The van der Waals surface area contributed by atoms with E-state index >= 15 is 0 Å². The number of nitrogens with two attached hydrogens (primary N) is 1. The van der Waals surface area contributed by atoms with E-state index in [1.54, 1.807) is 4.90 Å². The summed E-state index contributed by atoms with van der Waals surface area (Å²) in [6.07, 6.45) is 1.29. The number of carbonyl (C=O) groups is 1. The standard InChI is InChI=1S/C13H15F2N3O/c14-10-5-8(16)6-11(15)13(10)17-3-4-18-9(7-17)1-2-12(18)19/h5-6,9H,1-4,7,16H2. The van der Waals surface area contributed by atoms with Crippen molar-refractivity contribution in [3.05, 3.63) is 23.8 Å². The second-order valence-electron chi connectivity index (χ2n) is 5.06. The number of amides is 1. The van der Waals surface area contributed by atoms with E-state index in [0.717, 1.165) is 18.6 Å². The number of benzene rings is 1. The number of hydrogen-bond donors (Lipinski definition) is 1. The minimum atomic E-state index is -0.643. The lowest BCUT2D eigenvalue weighted by Gasteiger charge is -2.39. The van der Waals surface area contributed by atoms with Crippen LogP contribution in [0.2, 0.25) is 0 Å². The summed E-state index contributed by atoms with van der Waals surface area (Å²) in [4.78, 5) is 15.1. The summed E-state index contributed by atoms with van der Waals surface area (Å²) in [7, 11) is 0. The van der Waals surface area contributed by atoms with E-state index in [4.69, 9.17) is 5.73 Å². The van der Waals surface area contributed by atoms with Gasteiger partial charge in [0.05, 0.1) is 0 Å². The molecule has 102 valence electrons. The van der Waals surface area contributed by atoms with Gasteiger partial charge in [0, 0.05) is 37.8 Å². The van der Waals surface area contributed by atoms with Crippen molar-refractivity contribution < 1.29 is 13.6 Å². The van der Waals surface area contributed by atoms with Crippen molar-refractivity contribution in [2.24, 2.45) is 0 Å². The minimum Gasteiger partial charge on any atom is -0.399 e. The molecule has 0 bridgehead atoms. The van der Waals surface area contributed by atoms with Crippen LogP contribution in [0.5, 0.6) is 0 Å². The molecule has 2 saturated heterocycles. The van der Waals surface area contributed by atoms with Crippen LogP contribution in [0.25, 0.3) is 0 Å². The van der Waals surface area contributed by atoms with Crippen LogP contribution in [0.1, 0.15) is 12.8 Å². The number of rotatable bonds is 1. The molecule has 0 radical (unpaired) electrons. The lowest BCUT2D eigenvalue weighted by Crippen LogP contribution is -2.52. The highest BCUT2D eigenvalue weighted by Gasteiger charge is 2.36. The zero-order valence-electron chi connectivity index (χ0n) is 10.4. The van der Waals surface area contributed by atoms with Gasteiger partial charge in [-0.1, -0.05) is 0 Å². The molecule has 2 fully saturated rings. The molecule has 2 aliphatic heterocycles. The first-order valence-corrected chi connectivity index (χ1v) is 6.35. The molecule has 0 aromatic heterocycles. The Labute approximate surface area is 109 Å². The van der Waals surface area contributed by atoms with Gasteiger partial charge < -0.3 is 15.5 Å². The van der Waals surface area contributed by atoms with Crippen molar-refractivity contribution in [3.63, 3.8) is 0 Å². The van der Waals surface area contributed by atoms with Gasteiger partial charge in [-0.05, 0) is 18.6 Å². The molecule has 2 aliphatic rings. The zero-order valence-corrected chi connectivity index (χ0v) is 10.4. The van der Waals surface area contributed by atoms with Gasteiger partial charge in [-0.25, -0.2) is 8.78 Å². The van der Waals surface area contributed by atoms with Gasteiger partial charge in [-0.2, -0.15) is 0 Å². The van der Waals surface area contributed by atoms with E-state index in [1.807, 2.05) is 4.90 Å². The zero-order chi connectivity index (χ0) is 13.6. The average Bonchev–Trinajstić information content (AvgIpc) is 2.69. The number of nitrogens with zero attached hydrogens (tertiary/aromatic N) is 2. The van der Waals surface area contributed by atoms with Gasteiger partial charge in [0.1, 0.15) is 5.69 Å². The fraction of sp³-hybridized carbons (Fsp3) is 0.462. The highest BCUT2D eigenvalue weighted by atomic mass is 19.1. The summed E-state index contributed by atoms with van der Waals surface area (Å²) in [5.74, 6) is -1.14. The lowest BCUT2D eigenvalue weighted by atomic mass is 10.1. The second-order valence-corrected chi connectivity index (χ2v) is 5.06. The van der Waals surface area contributed by atoms with Crippen LogP contribution in [0, 0.1) is 11.6 Å². The molecule has 2 heterocycles. The predicted molar refractivity (Wildman–Crippen MR) is 67.7 cm³/mol. The Morgan fingerprint density at radius 1 is 1.21 bits per heavy atom. The molecule has 0 aliphatic carbocycles. The van der Waals surface area contributed by atoms with Crippen LogP contribution in [0.3, 0.4) is 0 Å². The van der Waals surface area contributed by atoms with Crippen LogP contribution in [-0.4, -0.2) is 36.5 Å². The van der Waals surface area contributed by atoms with Crippen molar-refractivity contribution in [3.8, 4) is 0 Å². The predicted octanol–water partition coefficient (Wildman–Crippen LogP) is 1.36. The number of fused-ring (bicyclic) bond motifs is 1. The molecule has 1 aromatic carbocycles. The molecule has 1 unspecified atom stereocenters. The maximum atomic E-state index is 13.9. The summed E-state index contributed by atoms with van der Waals surface area (Å²) in [5, 5.41) is 0. The third-order valence-electron chi connectivity index (χ3n) is 3.85. The topological polar surface area (TPSA) is 49.6 Å². The Bertz CT molecular complexity index is 512. The molecule has 1 atom stereocenters. The van der Waals surface area contributed by atoms with Crippen LogP contribution in [-0.2, 0) is 4.79 Å². The molecule has 1 amide bonds. The van der Waals surface area contributed by atoms with E-state index < -0.39 is 11.6 Å². The Balaban J connectivity index is 1.87. The van der Waals surface area contributed by atoms with Crippen molar-refractivity contribution in [2.75, 3.05) is 30.3 Å². The fourth-order valence-electron chi connectivity index (χ4n) is 2.95. The Morgan fingerprint density at radius 3 is 2.58 bits per heavy atom. The van der Waals surface area contributed by atoms with Crippen molar-refractivity contribution in [1.29, 1.82) is 0 Å². The molecule has 3 rings (SSSR count). The third-order valence-corrected chi connectivity index (χ3v) is 3.85. The van der Waals surface area contributed by atoms with Crippen molar-refractivity contribution in [1.82, 2.24) is 4.90 Å². The molecular formula is C13H15F2N3O. The summed E-state index contributed by atoms with van der Waals surface area (Å²) >= 11 is 0. The van der Waals surface area contributed by atoms with Gasteiger partial charge >= 0.3 is 0 Å². The van der Waals surface area contributed by atoms with E-state index in [0.29, 0.717) is 26.1 Å².